The number of hydrogen-bond donors (Lipinski definition) is 0. The lowest BCUT2D eigenvalue weighted by atomic mass is 9.93. The molecule has 0 spiro atoms. The Morgan fingerprint density at radius 3 is 2.18 bits per heavy atom. The van der Waals surface area contributed by atoms with Gasteiger partial charge in [-0.1, -0.05) is 48.6 Å². The molecule has 0 aliphatic carbocycles. The fourth-order valence-electron chi connectivity index (χ4n) is 2.05. The van der Waals surface area contributed by atoms with Gasteiger partial charge in [0.15, 0.2) is 0 Å². The Morgan fingerprint density at radius 2 is 1.53 bits per heavy atom. The Kier molecular flexibility index (Phi) is 3.14. The van der Waals surface area contributed by atoms with Gasteiger partial charge in [-0.3, -0.25) is 0 Å². The zero-order valence-electron chi connectivity index (χ0n) is 10.7. The average molecular weight is 222 g/mol. The van der Waals surface area contributed by atoms with Crippen LogP contribution in [0.3, 0.4) is 0 Å². The Morgan fingerprint density at radius 1 is 0.882 bits per heavy atom. The lowest BCUT2D eigenvalue weighted by Crippen LogP contribution is -1.89. The van der Waals surface area contributed by atoms with Crippen LogP contribution in [0.1, 0.15) is 23.6 Å². The Hall–Kier alpha value is -1.82. The highest BCUT2D eigenvalue weighted by Gasteiger charge is 2.05. The third-order valence-electron chi connectivity index (χ3n) is 3.17. The van der Waals surface area contributed by atoms with Crippen molar-refractivity contribution in [3.05, 3.63) is 65.7 Å². The first kappa shape index (κ1) is 11.7. The fraction of sp³-hybridized carbons (Fsp3) is 0.176. The quantitative estimate of drug-likeness (QED) is 0.670. The smallest absolute Gasteiger partial charge is 0.0146 e. The molecule has 2 aromatic rings. The van der Waals surface area contributed by atoms with Crippen LogP contribution in [0.2, 0.25) is 0 Å². The summed E-state index contributed by atoms with van der Waals surface area (Å²) in [4.78, 5) is 0. The van der Waals surface area contributed by atoms with Crippen LogP contribution in [-0.2, 0) is 0 Å². The van der Waals surface area contributed by atoms with Crippen LogP contribution in [0.5, 0.6) is 0 Å². The summed E-state index contributed by atoms with van der Waals surface area (Å²) in [5, 5.41) is 0. The van der Waals surface area contributed by atoms with Gasteiger partial charge in [0, 0.05) is 0 Å². The molecule has 0 saturated carbocycles. The van der Waals surface area contributed by atoms with Gasteiger partial charge in [-0.15, -0.1) is 0 Å². The molecule has 0 aliphatic rings. The fourth-order valence-corrected chi connectivity index (χ4v) is 2.05. The summed E-state index contributed by atoms with van der Waals surface area (Å²) in [6.45, 7) is 10.4. The Labute approximate surface area is 104 Å². The number of aryl methyl sites for hydroxylation is 2. The number of rotatable bonds is 2. The van der Waals surface area contributed by atoms with Gasteiger partial charge in [0.25, 0.3) is 0 Å². The summed E-state index contributed by atoms with van der Waals surface area (Å²) in [6.07, 6.45) is 0. The third-order valence-corrected chi connectivity index (χ3v) is 3.17. The molecule has 0 amide bonds. The average Bonchev–Trinajstić information content (AvgIpc) is 2.30. The molecular formula is C17H18. The molecule has 0 atom stereocenters. The third kappa shape index (κ3) is 2.31. The van der Waals surface area contributed by atoms with Crippen LogP contribution >= 0.6 is 0 Å². The molecule has 0 aliphatic heterocycles. The summed E-state index contributed by atoms with van der Waals surface area (Å²) < 4.78 is 0. The van der Waals surface area contributed by atoms with E-state index in [1.54, 1.807) is 0 Å². The molecule has 0 N–H and O–H groups in total. The predicted octanol–water partition coefficient (Wildman–Crippen LogP) is 5.00. The lowest BCUT2D eigenvalue weighted by molar-refractivity contribution is 1.40. The molecule has 0 saturated heterocycles. The molecule has 0 unspecified atom stereocenters. The monoisotopic (exact) mass is 222 g/mol. The molecule has 0 aromatic heterocycles. The molecule has 0 heterocycles. The molecule has 0 radical (unpaired) electrons. The number of benzene rings is 2. The second-order valence-electron chi connectivity index (χ2n) is 4.62. The zero-order chi connectivity index (χ0) is 12.4. The van der Waals surface area contributed by atoms with Gasteiger partial charge < -0.3 is 0 Å². The van der Waals surface area contributed by atoms with E-state index in [2.05, 4.69) is 62.9 Å². The zero-order valence-corrected chi connectivity index (χ0v) is 10.7. The second kappa shape index (κ2) is 4.58. The van der Waals surface area contributed by atoms with E-state index in [0.717, 1.165) is 5.57 Å². The van der Waals surface area contributed by atoms with Gasteiger partial charge in [0.05, 0.1) is 0 Å². The minimum absolute atomic E-state index is 1.11. The highest BCUT2D eigenvalue weighted by atomic mass is 14.1. The van der Waals surface area contributed by atoms with E-state index in [1.807, 2.05) is 6.92 Å². The maximum Gasteiger partial charge on any atom is -0.0146 e. The molecule has 17 heavy (non-hydrogen) atoms. The molecule has 0 bridgehead atoms. The van der Waals surface area contributed by atoms with Gasteiger partial charge >= 0.3 is 0 Å². The molecule has 2 aromatic carbocycles. The van der Waals surface area contributed by atoms with E-state index in [4.69, 9.17) is 0 Å². The van der Waals surface area contributed by atoms with Gasteiger partial charge in [-0.2, -0.15) is 0 Å². The van der Waals surface area contributed by atoms with Crippen LogP contribution < -0.4 is 0 Å². The van der Waals surface area contributed by atoms with E-state index < -0.39 is 0 Å². The van der Waals surface area contributed by atoms with Crippen molar-refractivity contribution in [3.8, 4) is 11.1 Å². The first-order chi connectivity index (χ1) is 8.09. The largest absolute Gasteiger partial charge is 0.0955 e. The van der Waals surface area contributed by atoms with Gasteiger partial charge in [-0.25, -0.2) is 0 Å². The maximum atomic E-state index is 4.01. The highest BCUT2D eigenvalue weighted by Crippen LogP contribution is 2.29. The van der Waals surface area contributed by atoms with Crippen molar-refractivity contribution in [2.24, 2.45) is 0 Å². The minimum atomic E-state index is 1.11. The highest BCUT2D eigenvalue weighted by molar-refractivity contribution is 5.75. The minimum Gasteiger partial charge on any atom is -0.0955 e. The van der Waals surface area contributed by atoms with Crippen LogP contribution in [0.15, 0.2) is 49.0 Å². The van der Waals surface area contributed by atoms with Crippen molar-refractivity contribution in [2.75, 3.05) is 0 Å². The Bertz CT molecular complexity index is 562. The van der Waals surface area contributed by atoms with E-state index in [0.29, 0.717) is 0 Å². The normalized spacial score (nSPS) is 10.3. The van der Waals surface area contributed by atoms with Crippen molar-refractivity contribution in [1.29, 1.82) is 0 Å². The molecule has 2 rings (SSSR count). The van der Waals surface area contributed by atoms with Crippen molar-refractivity contribution >= 4 is 5.57 Å². The molecule has 0 fully saturated rings. The van der Waals surface area contributed by atoms with Crippen molar-refractivity contribution in [3.63, 3.8) is 0 Å². The summed E-state index contributed by atoms with van der Waals surface area (Å²) in [5.41, 5.74) is 7.57. The topological polar surface area (TPSA) is 0 Å². The summed E-state index contributed by atoms with van der Waals surface area (Å²) in [5.74, 6) is 0. The van der Waals surface area contributed by atoms with E-state index in [1.165, 1.54) is 27.8 Å². The molecule has 0 heteroatoms. The van der Waals surface area contributed by atoms with Crippen LogP contribution in [0.4, 0.5) is 0 Å². The van der Waals surface area contributed by atoms with E-state index in [9.17, 15) is 0 Å². The van der Waals surface area contributed by atoms with Crippen molar-refractivity contribution < 1.29 is 0 Å². The summed E-state index contributed by atoms with van der Waals surface area (Å²) in [7, 11) is 0. The van der Waals surface area contributed by atoms with Crippen molar-refractivity contribution in [1.82, 2.24) is 0 Å². The van der Waals surface area contributed by atoms with Crippen LogP contribution in [0, 0.1) is 13.8 Å². The van der Waals surface area contributed by atoms with E-state index >= 15 is 0 Å². The Balaban J connectivity index is 2.63. The summed E-state index contributed by atoms with van der Waals surface area (Å²) >= 11 is 0. The first-order valence-corrected chi connectivity index (χ1v) is 5.92. The second-order valence-corrected chi connectivity index (χ2v) is 4.62. The molecule has 86 valence electrons. The van der Waals surface area contributed by atoms with Gasteiger partial charge in [-0.05, 0) is 54.7 Å². The number of allylic oxidation sites excluding steroid dienone is 1. The van der Waals surface area contributed by atoms with Gasteiger partial charge in [0.1, 0.15) is 0 Å². The van der Waals surface area contributed by atoms with Crippen LogP contribution in [-0.4, -0.2) is 0 Å². The predicted molar refractivity (Wildman–Crippen MR) is 76.1 cm³/mol. The molecule has 0 nitrogen and oxygen atoms in total. The first-order valence-electron chi connectivity index (χ1n) is 5.92. The van der Waals surface area contributed by atoms with Gasteiger partial charge in [0.2, 0.25) is 0 Å². The number of hydrogen-bond acceptors (Lipinski definition) is 0. The van der Waals surface area contributed by atoms with Crippen LogP contribution in [0.25, 0.3) is 16.7 Å². The molecular weight excluding hydrogens is 204 g/mol. The standard InChI is InChI=1S/C17H18/c1-12(2)15-10-9-14(4)17(11-15)16-8-6-5-7-13(16)3/h5-11H,1H2,2-4H3. The lowest BCUT2D eigenvalue weighted by Gasteiger charge is -2.11. The van der Waals surface area contributed by atoms with Crippen molar-refractivity contribution in [2.45, 2.75) is 20.8 Å². The maximum absolute atomic E-state index is 4.01. The summed E-state index contributed by atoms with van der Waals surface area (Å²) in [6, 6.07) is 15.1. The van der Waals surface area contributed by atoms with E-state index in [-0.39, 0.29) is 0 Å². The SMILES string of the molecule is C=C(C)c1ccc(C)c(-c2ccccc2C)c1.